The van der Waals surface area contributed by atoms with Gasteiger partial charge in [0.15, 0.2) is 0 Å². The molecule has 2 aromatic carbocycles. The molecule has 0 aliphatic carbocycles. The molecule has 1 saturated heterocycles. The van der Waals surface area contributed by atoms with Crippen molar-refractivity contribution in [3.8, 4) is 0 Å². The lowest BCUT2D eigenvalue weighted by atomic mass is 10.1. The third kappa shape index (κ3) is 3.38. The van der Waals surface area contributed by atoms with E-state index in [9.17, 15) is 14.4 Å². The minimum Gasteiger partial charge on any atom is -0.478 e. The highest BCUT2D eigenvalue weighted by atomic mass is 32.2. The third-order valence-electron chi connectivity index (χ3n) is 3.51. The Balaban J connectivity index is 1.79. The van der Waals surface area contributed by atoms with Gasteiger partial charge >= 0.3 is 5.97 Å². The van der Waals surface area contributed by atoms with Crippen LogP contribution in [0.5, 0.6) is 0 Å². The molecule has 3 rings (SSSR count). The summed E-state index contributed by atoms with van der Waals surface area (Å²) >= 11 is 0.889. The van der Waals surface area contributed by atoms with E-state index in [0.29, 0.717) is 10.5 Å². The Hall–Kier alpha value is -2.86. The number of imide groups is 1. The Kier molecular flexibility index (Phi) is 4.48. The molecule has 2 amide bonds. The van der Waals surface area contributed by atoms with Crippen LogP contribution in [0.25, 0.3) is 6.08 Å². The summed E-state index contributed by atoms with van der Waals surface area (Å²) in [4.78, 5) is 36.9. The smallest absolute Gasteiger partial charge is 0.335 e. The van der Waals surface area contributed by atoms with Gasteiger partial charge in [0.2, 0.25) is 0 Å². The van der Waals surface area contributed by atoms with Crippen molar-refractivity contribution in [1.29, 1.82) is 0 Å². The zero-order valence-corrected chi connectivity index (χ0v) is 13.3. The van der Waals surface area contributed by atoms with Crippen LogP contribution in [-0.4, -0.2) is 27.1 Å². The molecule has 5 nitrogen and oxygen atoms in total. The van der Waals surface area contributed by atoms with E-state index < -0.39 is 5.97 Å². The van der Waals surface area contributed by atoms with Crippen molar-refractivity contribution in [3.63, 3.8) is 0 Å². The fourth-order valence-corrected chi connectivity index (χ4v) is 3.11. The van der Waals surface area contributed by atoms with Gasteiger partial charge in [-0.1, -0.05) is 42.5 Å². The molecule has 1 heterocycles. The summed E-state index contributed by atoms with van der Waals surface area (Å²) < 4.78 is 0. The maximum atomic E-state index is 12.4. The molecule has 24 heavy (non-hydrogen) atoms. The molecule has 0 saturated carbocycles. The number of carboxylic acid groups (broad SMARTS) is 1. The van der Waals surface area contributed by atoms with Crippen molar-refractivity contribution in [2.75, 3.05) is 0 Å². The van der Waals surface area contributed by atoms with E-state index in [1.54, 1.807) is 18.2 Å². The zero-order chi connectivity index (χ0) is 17.1. The molecule has 120 valence electrons. The topological polar surface area (TPSA) is 74.7 Å². The first-order chi connectivity index (χ1) is 11.5. The number of rotatable bonds is 4. The highest BCUT2D eigenvalue weighted by Gasteiger charge is 2.34. The number of nitrogens with zero attached hydrogens (tertiary/aromatic N) is 1. The van der Waals surface area contributed by atoms with Crippen LogP contribution < -0.4 is 0 Å². The van der Waals surface area contributed by atoms with Crippen LogP contribution >= 0.6 is 11.8 Å². The number of carbonyl (C=O) groups excluding carboxylic acids is 2. The molecule has 1 N–H and O–H groups in total. The van der Waals surface area contributed by atoms with Crippen LogP contribution in [0.15, 0.2) is 59.5 Å². The highest BCUT2D eigenvalue weighted by molar-refractivity contribution is 8.18. The van der Waals surface area contributed by atoms with Gasteiger partial charge in [-0.25, -0.2) is 4.79 Å². The van der Waals surface area contributed by atoms with E-state index in [2.05, 4.69) is 0 Å². The monoisotopic (exact) mass is 339 g/mol. The van der Waals surface area contributed by atoms with Crippen molar-refractivity contribution >= 4 is 35.0 Å². The van der Waals surface area contributed by atoms with Crippen molar-refractivity contribution in [2.24, 2.45) is 0 Å². The predicted octanol–water partition coefficient (Wildman–Crippen LogP) is 3.62. The summed E-state index contributed by atoms with van der Waals surface area (Å²) in [7, 11) is 0. The van der Waals surface area contributed by atoms with Crippen LogP contribution in [0.4, 0.5) is 4.79 Å². The van der Waals surface area contributed by atoms with Crippen LogP contribution in [0.1, 0.15) is 21.5 Å². The molecule has 0 unspecified atom stereocenters. The van der Waals surface area contributed by atoms with Gasteiger partial charge in [-0.2, -0.15) is 0 Å². The van der Waals surface area contributed by atoms with Crippen LogP contribution in [0.3, 0.4) is 0 Å². The largest absolute Gasteiger partial charge is 0.478 e. The van der Waals surface area contributed by atoms with Gasteiger partial charge in [-0.05, 0) is 41.1 Å². The minimum atomic E-state index is -1.01. The van der Waals surface area contributed by atoms with Gasteiger partial charge in [-0.15, -0.1) is 0 Å². The van der Waals surface area contributed by atoms with E-state index in [0.717, 1.165) is 17.3 Å². The Morgan fingerprint density at radius 3 is 2.33 bits per heavy atom. The first-order valence-corrected chi connectivity index (χ1v) is 7.99. The molecule has 0 spiro atoms. The van der Waals surface area contributed by atoms with E-state index in [-0.39, 0.29) is 23.3 Å². The fourth-order valence-electron chi connectivity index (χ4n) is 2.28. The molecule has 0 bridgehead atoms. The number of hydrogen-bond acceptors (Lipinski definition) is 4. The van der Waals surface area contributed by atoms with Gasteiger partial charge in [0, 0.05) is 0 Å². The average molecular weight is 339 g/mol. The number of benzene rings is 2. The zero-order valence-electron chi connectivity index (χ0n) is 12.5. The van der Waals surface area contributed by atoms with Crippen molar-refractivity contribution < 1.29 is 19.5 Å². The molecule has 1 aliphatic heterocycles. The normalized spacial score (nSPS) is 16.0. The van der Waals surface area contributed by atoms with Gasteiger partial charge in [0.1, 0.15) is 0 Å². The molecule has 6 heteroatoms. The molecule has 1 aliphatic rings. The average Bonchev–Trinajstić information content (AvgIpc) is 2.84. The van der Waals surface area contributed by atoms with Crippen LogP contribution in [0, 0.1) is 0 Å². The molecule has 1 fully saturated rings. The lowest BCUT2D eigenvalue weighted by molar-refractivity contribution is -0.123. The second kappa shape index (κ2) is 6.72. The van der Waals surface area contributed by atoms with Gasteiger partial charge in [0.05, 0.1) is 17.0 Å². The van der Waals surface area contributed by atoms with Crippen molar-refractivity contribution in [2.45, 2.75) is 6.54 Å². The summed E-state index contributed by atoms with van der Waals surface area (Å²) in [6, 6.07) is 15.4. The Morgan fingerprint density at radius 2 is 1.71 bits per heavy atom. The number of aromatic carboxylic acids is 1. The summed E-state index contributed by atoms with van der Waals surface area (Å²) in [5.74, 6) is -1.35. The first kappa shape index (κ1) is 16.0. The van der Waals surface area contributed by atoms with Crippen molar-refractivity contribution in [1.82, 2.24) is 4.90 Å². The lowest BCUT2D eigenvalue weighted by Crippen LogP contribution is -2.27. The molecular weight excluding hydrogens is 326 g/mol. The molecule has 0 aromatic heterocycles. The lowest BCUT2D eigenvalue weighted by Gasteiger charge is -2.12. The summed E-state index contributed by atoms with van der Waals surface area (Å²) in [5.41, 5.74) is 1.72. The number of amides is 2. The van der Waals surface area contributed by atoms with Gasteiger partial charge in [0.25, 0.3) is 11.1 Å². The highest BCUT2D eigenvalue weighted by Crippen LogP contribution is 2.33. The van der Waals surface area contributed by atoms with Crippen molar-refractivity contribution in [3.05, 3.63) is 76.2 Å². The van der Waals surface area contributed by atoms with E-state index in [1.807, 2.05) is 30.3 Å². The second-order valence-electron chi connectivity index (χ2n) is 5.18. The fraction of sp³-hybridized carbons (Fsp3) is 0.0556. The van der Waals surface area contributed by atoms with E-state index >= 15 is 0 Å². The summed E-state index contributed by atoms with van der Waals surface area (Å²) in [6.07, 6.45) is 1.60. The number of carboxylic acids is 1. The van der Waals surface area contributed by atoms with E-state index in [4.69, 9.17) is 5.11 Å². The van der Waals surface area contributed by atoms with Crippen LogP contribution in [0.2, 0.25) is 0 Å². The van der Waals surface area contributed by atoms with Crippen LogP contribution in [-0.2, 0) is 11.3 Å². The number of hydrogen-bond donors (Lipinski definition) is 1. The predicted molar refractivity (Wildman–Crippen MR) is 91.4 cm³/mol. The second-order valence-corrected chi connectivity index (χ2v) is 6.17. The Labute approximate surface area is 142 Å². The Bertz CT molecular complexity index is 828. The minimum absolute atomic E-state index is 0.171. The first-order valence-electron chi connectivity index (χ1n) is 7.17. The third-order valence-corrected chi connectivity index (χ3v) is 4.42. The molecule has 2 aromatic rings. The quantitative estimate of drug-likeness (QED) is 0.861. The van der Waals surface area contributed by atoms with Gasteiger partial charge < -0.3 is 5.11 Å². The maximum Gasteiger partial charge on any atom is 0.335 e. The molecular formula is C18H13NO4S. The number of thioether (sulfide) groups is 1. The SMILES string of the molecule is O=C(O)c1ccc(/C=C2/SC(=O)N(Cc3ccccc3)C2=O)cc1. The molecule has 0 atom stereocenters. The Morgan fingerprint density at radius 1 is 1.04 bits per heavy atom. The standard InChI is InChI=1S/C18H13NO4S/c20-16-15(10-12-6-8-14(9-7-12)17(21)22)24-18(23)19(16)11-13-4-2-1-3-5-13/h1-10H,11H2,(H,21,22)/b15-10+. The maximum absolute atomic E-state index is 12.4. The molecule has 0 radical (unpaired) electrons. The summed E-state index contributed by atoms with van der Waals surface area (Å²) in [6.45, 7) is 0.237. The van der Waals surface area contributed by atoms with Gasteiger partial charge in [-0.3, -0.25) is 14.5 Å². The van der Waals surface area contributed by atoms with E-state index in [1.165, 1.54) is 17.0 Å². The number of carbonyl (C=O) groups is 3. The summed E-state index contributed by atoms with van der Waals surface area (Å²) in [5, 5.41) is 8.58.